The van der Waals surface area contributed by atoms with E-state index in [9.17, 15) is 18.0 Å². The van der Waals surface area contributed by atoms with Gasteiger partial charge in [0.05, 0.1) is 18.8 Å². The molecule has 0 aromatic carbocycles. The number of rotatable bonds is 4. The zero-order chi connectivity index (χ0) is 22.4. The van der Waals surface area contributed by atoms with Crippen LogP contribution < -0.4 is 4.74 Å². The monoisotopic (exact) mass is 444 g/mol. The van der Waals surface area contributed by atoms with Crippen molar-refractivity contribution in [3.8, 4) is 5.75 Å². The molecule has 1 N–H and O–H groups in total. The molecular formula is C21H27F3N2O5. The van der Waals surface area contributed by atoms with Crippen molar-refractivity contribution in [2.24, 2.45) is 5.92 Å². The first-order chi connectivity index (χ1) is 14.8. The molecule has 4 rings (SSSR count). The second-order valence-electron chi connectivity index (χ2n) is 8.09. The quantitative estimate of drug-likeness (QED) is 0.766. The Balaban J connectivity index is 0.000000339. The fourth-order valence-electron chi connectivity index (χ4n) is 4.47. The Morgan fingerprint density at radius 1 is 1.23 bits per heavy atom. The van der Waals surface area contributed by atoms with Gasteiger partial charge in [-0.05, 0) is 43.7 Å². The minimum Gasteiger partial charge on any atom is -0.484 e. The van der Waals surface area contributed by atoms with Gasteiger partial charge in [0.2, 0.25) is 5.91 Å². The summed E-state index contributed by atoms with van der Waals surface area (Å²) in [7, 11) is 0. The van der Waals surface area contributed by atoms with E-state index < -0.39 is 12.1 Å². The van der Waals surface area contributed by atoms with Crippen LogP contribution in [0.5, 0.6) is 5.75 Å². The lowest BCUT2D eigenvalue weighted by atomic mass is 10.0. The number of hydrogen-bond acceptors (Lipinski definition) is 5. The first-order valence-electron chi connectivity index (χ1n) is 10.5. The van der Waals surface area contributed by atoms with Gasteiger partial charge in [-0.15, -0.1) is 0 Å². The van der Waals surface area contributed by atoms with Gasteiger partial charge in [-0.1, -0.05) is 12.8 Å². The van der Waals surface area contributed by atoms with Gasteiger partial charge in [0, 0.05) is 19.2 Å². The Kier molecular flexibility index (Phi) is 7.74. The summed E-state index contributed by atoms with van der Waals surface area (Å²) in [5.41, 5.74) is 0. The van der Waals surface area contributed by atoms with Crippen molar-refractivity contribution < 1.29 is 37.3 Å². The number of alkyl halides is 3. The lowest BCUT2D eigenvalue weighted by Gasteiger charge is -2.32. The van der Waals surface area contributed by atoms with E-state index >= 15 is 0 Å². The number of likely N-dealkylation sites (tertiary alicyclic amines) is 1. The molecule has 31 heavy (non-hydrogen) atoms. The van der Waals surface area contributed by atoms with Crippen molar-refractivity contribution in [1.29, 1.82) is 0 Å². The molecule has 7 nitrogen and oxygen atoms in total. The summed E-state index contributed by atoms with van der Waals surface area (Å²) in [6.07, 6.45) is 5.99. The topological polar surface area (TPSA) is 89.0 Å². The van der Waals surface area contributed by atoms with Crippen LogP contribution in [0.25, 0.3) is 0 Å². The molecule has 1 amide bonds. The number of hydrogen-bond donors (Lipinski definition) is 1. The summed E-state index contributed by atoms with van der Waals surface area (Å²) in [4.78, 5) is 27.9. The first kappa shape index (κ1) is 23.3. The van der Waals surface area contributed by atoms with Gasteiger partial charge in [0.1, 0.15) is 18.0 Å². The third kappa shape index (κ3) is 6.32. The highest BCUT2D eigenvalue weighted by Crippen LogP contribution is 2.34. The molecule has 1 aliphatic carbocycles. The smallest absolute Gasteiger partial charge is 0.484 e. The lowest BCUT2D eigenvalue weighted by Crippen LogP contribution is -2.44. The number of carbonyl (C=O) groups is 2. The summed E-state index contributed by atoms with van der Waals surface area (Å²) < 4.78 is 43.8. The summed E-state index contributed by atoms with van der Waals surface area (Å²) in [5.74, 6) is -1.13. The van der Waals surface area contributed by atoms with Crippen LogP contribution in [0.3, 0.4) is 0 Å². The van der Waals surface area contributed by atoms with E-state index in [1.165, 1.54) is 25.7 Å². The van der Waals surface area contributed by atoms with E-state index in [1.807, 2.05) is 17.0 Å². The third-order valence-corrected chi connectivity index (χ3v) is 5.90. The molecule has 3 aliphatic rings. The molecule has 172 valence electrons. The van der Waals surface area contributed by atoms with Crippen LogP contribution in [0.4, 0.5) is 13.2 Å². The molecule has 0 unspecified atom stereocenters. The van der Waals surface area contributed by atoms with Crippen LogP contribution in [-0.2, 0) is 14.3 Å². The Morgan fingerprint density at radius 3 is 2.55 bits per heavy atom. The zero-order valence-electron chi connectivity index (χ0n) is 17.1. The van der Waals surface area contributed by atoms with E-state index in [1.54, 1.807) is 12.4 Å². The molecule has 3 heterocycles. The van der Waals surface area contributed by atoms with Crippen LogP contribution in [0.15, 0.2) is 24.5 Å². The largest absolute Gasteiger partial charge is 0.490 e. The van der Waals surface area contributed by atoms with Crippen LogP contribution in [0.1, 0.15) is 44.9 Å². The highest BCUT2D eigenvalue weighted by Gasteiger charge is 2.47. The number of carbonyl (C=O) groups excluding carboxylic acids is 1. The van der Waals surface area contributed by atoms with Crippen LogP contribution in [-0.4, -0.2) is 64.4 Å². The van der Waals surface area contributed by atoms with Crippen LogP contribution in [0.2, 0.25) is 0 Å². The minimum atomic E-state index is -5.08. The zero-order valence-corrected chi connectivity index (χ0v) is 17.1. The average Bonchev–Trinajstić information content (AvgIpc) is 3.37. The number of aliphatic carboxylic acids is 1. The van der Waals surface area contributed by atoms with Crippen LogP contribution in [0, 0.1) is 5.92 Å². The van der Waals surface area contributed by atoms with Crippen molar-refractivity contribution in [1.82, 2.24) is 9.88 Å². The van der Waals surface area contributed by atoms with Gasteiger partial charge < -0.3 is 19.5 Å². The molecule has 2 aliphatic heterocycles. The summed E-state index contributed by atoms with van der Waals surface area (Å²) >= 11 is 0. The maximum Gasteiger partial charge on any atom is 0.490 e. The number of carboxylic acid groups (broad SMARTS) is 1. The molecule has 3 atom stereocenters. The van der Waals surface area contributed by atoms with Crippen LogP contribution >= 0.6 is 0 Å². The SMILES string of the molecule is O=C(CC1CCCC1)N1C[C@H](Oc2cccnc2)[C@H]2OCCC[C@H]21.O=C(O)C(F)(F)F. The molecule has 3 fully saturated rings. The van der Waals surface area contributed by atoms with Gasteiger partial charge >= 0.3 is 12.1 Å². The van der Waals surface area contributed by atoms with Crippen molar-refractivity contribution >= 4 is 11.9 Å². The minimum absolute atomic E-state index is 0.00789. The standard InChI is InChI=1S/C19H26N2O3.C2HF3O2/c22-18(11-14-5-1-2-6-14)21-13-17(19-16(21)8-4-10-23-19)24-15-7-3-9-20-12-15;3-2(4,5)1(6)7/h3,7,9,12,14,16-17,19H,1-2,4-6,8,10-11,13H2;(H,6,7)/t16-,17+,19+;/m1./s1. The Bertz CT molecular complexity index is 740. The molecular weight excluding hydrogens is 417 g/mol. The summed E-state index contributed by atoms with van der Waals surface area (Å²) in [5, 5.41) is 7.12. The van der Waals surface area contributed by atoms with Crippen molar-refractivity contribution in [3.63, 3.8) is 0 Å². The van der Waals surface area contributed by atoms with Crippen molar-refractivity contribution in [2.45, 2.75) is 69.4 Å². The van der Waals surface area contributed by atoms with E-state index in [0.717, 1.165) is 25.2 Å². The molecule has 2 saturated heterocycles. The molecule has 0 spiro atoms. The Hall–Kier alpha value is -2.36. The molecule has 0 bridgehead atoms. The van der Waals surface area contributed by atoms with E-state index in [4.69, 9.17) is 19.4 Å². The number of halogens is 3. The average molecular weight is 444 g/mol. The highest BCUT2D eigenvalue weighted by molar-refractivity contribution is 5.77. The first-order valence-corrected chi connectivity index (χ1v) is 10.5. The molecule has 1 aromatic rings. The van der Waals surface area contributed by atoms with Gasteiger partial charge in [0.15, 0.2) is 0 Å². The van der Waals surface area contributed by atoms with E-state index in [-0.39, 0.29) is 18.2 Å². The number of fused-ring (bicyclic) bond motifs is 1. The predicted molar refractivity (Wildman–Crippen MR) is 103 cm³/mol. The molecule has 1 aromatic heterocycles. The van der Waals surface area contributed by atoms with Gasteiger partial charge in [-0.25, -0.2) is 4.79 Å². The Morgan fingerprint density at radius 2 is 1.94 bits per heavy atom. The third-order valence-electron chi connectivity index (χ3n) is 5.90. The number of carboxylic acids is 1. The fourth-order valence-corrected chi connectivity index (χ4v) is 4.47. The molecule has 0 radical (unpaired) electrons. The summed E-state index contributed by atoms with van der Waals surface area (Å²) in [6, 6.07) is 3.95. The van der Waals surface area contributed by atoms with Gasteiger partial charge in [-0.2, -0.15) is 13.2 Å². The fraction of sp³-hybridized carbons (Fsp3) is 0.667. The highest BCUT2D eigenvalue weighted by atomic mass is 19.4. The van der Waals surface area contributed by atoms with Gasteiger partial charge in [-0.3, -0.25) is 9.78 Å². The second-order valence-corrected chi connectivity index (χ2v) is 8.09. The van der Waals surface area contributed by atoms with E-state index in [2.05, 4.69) is 4.98 Å². The number of amides is 1. The predicted octanol–water partition coefficient (Wildman–Crippen LogP) is 3.43. The normalized spacial score (nSPS) is 26.0. The second kappa shape index (κ2) is 10.3. The number of aromatic nitrogens is 1. The Labute approximate surface area is 178 Å². The lowest BCUT2D eigenvalue weighted by molar-refractivity contribution is -0.192. The van der Waals surface area contributed by atoms with Crippen molar-refractivity contribution in [2.75, 3.05) is 13.2 Å². The maximum absolute atomic E-state index is 12.9. The number of ether oxygens (including phenoxy) is 2. The molecule has 10 heteroatoms. The maximum atomic E-state index is 12.9. The molecule has 1 saturated carbocycles. The number of nitrogens with zero attached hydrogens (tertiary/aromatic N) is 2. The van der Waals surface area contributed by atoms with E-state index in [0.29, 0.717) is 24.8 Å². The van der Waals surface area contributed by atoms with Gasteiger partial charge in [0.25, 0.3) is 0 Å². The number of pyridine rings is 1. The van der Waals surface area contributed by atoms with Crippen molar-refractivity contribution in [3.05, 3.63) is 24.5 Å². The summed E-state index contributed by atoms with van der Waals surface area (Å²) in [6.45, 7) is 1.40.